The van der Waals surface area contributed by atoms with Crippen LogP contribution in [0.4, 0.5) is 8.78 Å². The molecular formula is C11H13F2NO5S. The number of benzene rings is 1. The third-order valence-electron chi connectivity index (χ3n) is 2.26. The number of alkyl halides is 2. The number of ether oxygens (including phenoxy) is 1. The van der Waals surface area contributed by atoms with E-state index in [-0.39, 0.29) is 17.9 Å². The van der Waals surface area contributed by atoms with Crippen LogP contribution in [-0.2, 0) is 21.4 Å². The molecule has 0 radical (unpaired) electrons. The van der Waals surface area contributed by atoms with E-state index in [4.69, 9.17) is 5.11 Å². The van der Waals surface area contributed by atoms with E-state index in [9.17, 15) is 22.0 Å². The van der Waals surface area contributed by atoms with E-state index in [1.54, 1.807) is 6.07 Å². The largest absolute Gasteiger partial charge is 0.481 e. The molecule has 0 fully saturated rings. The van der Waals surface area contributed by atoms with Gasteiger partial charge in [0.25, 0.3) is 0 Å². The number of halogens is 2. The Hall–Kier alpha value is -1.74. The van der Waals surface area contributed by atoms with E-state index in [0.29, 0.717) is 0 Å². The van der Waals surface area contributed by atoms with Gasteiger partial charge in [0.2, 0.25) is 10.0 Å². The van der Waals surface area contributed by atoms with Crippen LogP contribution in [0.2, 0.25) is 0 Å². The van der Waals surface area contributed by atoms with E-state index in [1.165, 1.54) is 18.2 Å². The van der Waals surface area contributed by atoms with Crippen LogP contribution in [0, 0.1) is 0 Å². The quantitative estimate of drug-likeness (QED) is 0.752. The van der Waals surface area contributed by atoms with Gasteiger partial charge in [-0.15, -0.1) is 0 Å². The van der Waals surface area contributed by atoms with Crippen LogP contribution in [0.5, 0.6) is 5.75 Å². The zero-order valence-corrected chi connectivity index (χ0v) is 11.1. The summed E-state index contributed by atoms with van der Waals surface area (Å²) in [6.07, 6.45) is -0.537. The Kier molecular flexibility index (Phi) is 5.83. The van der Waals surface area contributed by atoms with Crippen LogP contribution in [-0.4, -0.2) is 31.9 Å². The fourth-order valence-electron chi connectivity index (χ4n) is 1.34. The highest BCUT2D eigenvalue weighted by Gasteiger charge is 2.14. The van der Waals surface area contributed by atoms with Gasteiger partial charge in [-0.05, 0) is 6.07 Å². The molecule has 6 nitrogen and oxygen atoms in total. The van der Waals surface area contributed by atoms with Crippen molar-refractivity contribution in [2.75, 3.05) is 5.75 Å². The first-order valence-electron chi connectivity index (χ1n) is 5.52. The van der Waals surface area contributed by atoms with Crippen LogP contribution < -0.4 is 9.46 Å². The van der Waals surface area contributed by atoms with Crippen molar-refractivity contribution >= 4 is 16.0 Å². The van der Waals surface area contributed by atoms with Crippen LogP contribution in [0.3, 0.4) is 0 Å². The van der Waals surface area contributed by atoms with E-state index in [0.717, 1.165) is 0 Å². The smallest absolute Gasteiger partial charge is 0.387 e. The predicted octanol–water partition coefficient (Wildman–Crippen LogP) is 1.18. The molecule has 0 bridgehead atoms. The molecule has 0 aromatic heterocycles. The van der Waals surface area contributed by atoms with Gasteiger partial charge in [0.05, 0.1) is 12.2 Å². The molecule has 0 atom stereocenters. The normalized spacial score (nSPS) is 11.6. The minimum Gasteiger partial charge on any atom is -0.481 e. The van der Waals surface area contributed by atoms with Gasteiger partial charge in [-0.1, -0.05) is 18.2 Å². The first-order chi connectivity index (χ1) is 9.30. The number of nitrogens with one attached hydrogen (secondary N) is 1. The zero-order chi connectivity index (χ0) is 15.2. The minimum atomic E-state index is -3.79. The summed E-state index contributed by atoms with van der Waals surface area (Å²) in [4.78, 5) is 10.3. The Bertz CT molecular complexity index is 562. The van der Waals surface area contributed by atoms with Gasteiger partial charge in [-0.25, -0.2) is 13.1 Å². The molecule has 0 saturated heterocycles. The first-order valence-corrected chi connectivity index (χ1v) is 7.17. The van der Waals surface area contributed by atoms with Gasteiger partial charge in [0.15, 0.2) is 0 Å². The molecule has 0 aliphatic rings. The van der Waals surface area contributed by atoms with Crippen molar-refractivity contribution in [3.05, 3.63) is 29.8 Å². The SMILES string of the molecule is O=C(O)CCS(=O)(=O)NCc1ccccc1OC(F)F. The summed E-state index contributed by atoms with van der Waals surface area (Å²) in [5, 5.41) is 8.41. The van der Waals surface area contributed by atoms with Gasteiger partial charge in [0, 0.05) is 12.1 Å². The molecular weight excluding hydrogens is 296 g/mol. The van der Waals surface area contributed by atoms with Crippen molar-refractivity contribution in [1.29, 1.82) is 0 Å². The molecule has 20 heavy (non-hydrogen) atoms. The number of hydrogen-bond donors (Lipinski definition) is 2. The second-order valence-corrected chi connectivity index (χ2v) is 5.70. The van der Waals surface area contributed by atoms with Crippen molar-refractivity contribution in [3.63, 3.8) is 0 Å². The predicted molar refractivity (Wildman–Crippen MR) is 66.0 cm³/mol. The average molecular weight is 309 g/mol. The molecule has 2 N–H and O–H groups in total. The van der Waals surface area contributed by atoms with Crippen LogP contribution in [0.25, 0.3) is 0 Å². The molecule has 0 aliphatic heterocycles. The Morgan fingerprint density at radius 3 is 2.60 bits per heavy atom. The Balaban J connectivity index is 2.67. The summed E-state index contributed by atoms with van der Waals surface area (Å²) in [5.41, 5.74) is 0.228. The Morgan fingerprint density at radius 1 is 1.35 bits per heavy atom. The number of aliphatic carboxylic acids is 1. The summed E-state index contributed by atoms with van der Waals surface area (Å²) in [6, 6.07) is 5.73. The fourth-order valence-corrected chi connectivity index (χ4v) is 2.31. The monoisotopic (exact) mass is 309 g/mol. The molecule has 0 amide bonds. The van der Waals surface area contributed by atoms with Gasteiger partial charge in [-0.2, -0.15) is 8.78 Å². The molecule has 1 aromatic carbocycles. The third-order valence-corrected chi connectivity index (χ3v) is 3.58. The maximum absolute atomic E-state index is 12.2. The number of carbonyl (C=O) groups is 1. The van der Waals surface area contributed by atoms with Gasteiger partial charge in [0.1, 0.15) is 5.75 Å². The zero-order valence-electron chi connectivity index (χ0n) is 10.3. The molecule has 1 rings (SSSR count). The number of rotatable bonds is 8. The third kappa shape index (κ3) is 5.93. The summed E-state index contributed by atoms with van der Waals surface area (Å²) in [5.74, 6) is -1.96. The number of para-hydroxylation sites is 1. The van der Waals surface area contributed by atoms with Crippen LogP contribution in [0.15, 0.2) is 24.3 Å². The summed E-state index contributed by atoms with van der Waals surface area (Å²) < 4.78 is 53.6. The van der Waals surface area contributed by atoms with E-state index < -0.39 is 34.8 Å². The molecule has 0 heterocycles. The lowest BCUT2D eigenvalue weighted by atomic mass is 10.2. The van der Waals surface area contributed by atoms with Gasteiger partial charge >= 0.3 is 12.6 Å². The second-order valence-electron chi connectivity index (χ2n) is 3.77. The Labute approximate surface area is 114 Å². The summed E-state index contributed by atoms with van der Waals surface area (Å²) in [6.45, 7) is -3.27. The summed E-state index contributed by atoms with van der Waals surface area (Å²) >= 11 is 0. The van der Waals surface area contributed by atoms with Crippen molar-refractivity contribution in [3.8, 4) is 5.75 Å². The fraction of sp³-hybridized carbons (Fsp3) is 0.364. The molecule has 0 aliphatic carbocycles. The van der Waals surface area contributed by atoms with Crippen molar-refractivity contribution in [1.82, 2.24) is 4.72 Å². The number of sulfonamides is 1. The maximum atomic E-state index is 12.2. The van der Waals surface area contributed by atoms with E-state index >= 15 is 0 Å². The lowest BCUT2D eigenvalue weighted by Crippen LogP contribution is -2.27. The lowest BCUT2D eigenvalue weighted by Gasteiger charge is -2.11. The minimum absolute atomic E-state index is 0.136. The molecule has 0 unspecified atom stereocenters. The van der Waals surface area contributed by atoms with Crippen LogP contribution >= 0.6 is 0 Å². The summed E-state index contributed by atoms with van der Waals surface area (Å²) in [7, 11) is -3.79. The molecule has 112 valence electrons. The molecule has 0 spiro atoms. The molecule has 1 aromatic rings. The van der Waals surface area contributed by atoms with Crippen molar-refractivity contribution in [2.24, 2.45) is 0 Å². The second kappa shape index (κ2) is 7.15. The average Bonchev–Trinajstić information content (AvgIpc) is 2.35. The van der Waals surface area contributed by atoms with E-state index in [1.807, 2.05) is 0 Å². The standard InChI is InChI=1S/C11H13F2NO5S/c12-11(13)19-9-4-2-1-3-8(9)7-14-20(17,18)6-5-10(15)16/h1-4,11,14H,5-7H2,(H,15,16). The first kappa shape index (κ1) is 16.3. The van der Waals surface area contributed by atoms with Crippen molar-refractivity contribution in [2.45, 2.75) is 19.6 Å². The number of carboxylic acids is 1. The van der Waals surface area contributed by atoms with Gasteiger partial charge < -0.3 is 9.84 Å². The topological polar surface area (TPSA) is 92.7 Å². The highest BCUT2D eigenvalue weighted by Crippen LogP contribution is 2.20. The highest BCUT2D eigenvalue weighted by molar-refractivity contribution is 7.89. The van der Waals surface area contributed by atoms with Crippen molar-refractivity contribution < 1.29 is 31.8 Å². The number of carboxylic acid groups (broad SMARTS) is 1. The van der Waals surface area contributed by atoms with Crippen LogP contribution in [0.1, 0.15) is 12.0 Å². The Morgan fingerprint density at radius 2 is 2.00 bits per heavy atom. The number of hydrogen-bond acceptors (Lipinski definition) is 4. The molecule has 0 saturated carbocycles. The van der Waals surface area contributed by atoms with Gasteiger partial charge in [-0.3, -0.25) is 4.79 Å². The maximum Gasteiger partial charge on any atom is 0.387 e. The van der Waals surface area contributed by atoms with E-state index in [2.05, 4.69) is 9.46 Å². The molecule has 9 heteroatoms. The lowest BCUT2D eigenvalue weighted by molar-refractivity contribution is -0.136. The highest BCUT2D eigenvalue weighted by atomic mass is 32.2.